The highest BCUT2D eigenvalue weighted by Gasteiger charge is 2.29. The van der Waals surface area contributed by atoms with Crippen LogP contribution in [0.1, 0.15) is 5.56 Å². The quantitative estimate of drug-likeness (QED) is 0.456. The molecule has 3 aromatic rings. The molecule has 0 bridgehead atoms. The highest BCUT2D eigenvalue weighted by Crippen LogP contribution is 2.38. The van der Waals surface area contributed by atoms with Gasteiger partial charge in [0.15, 0.2) is 5.75 Å². The molecule has 0 saturated heterocycles. The first kappa shape index (κ1) is 22.9. The van der Waals surface area contributed by atoms with Crippen LogP contribution in [0.25, 0.3) is 0 Å². The van der Waals surface area contributed by atoms with Gasteiger partial charge in [-0.2, -0.15) is 0 Å². The van der Waals surface area contributed by atoms with Crippen molar-refractivity contribution in [2.75, 3.05) is 25.6 Å². The number of methoxy groups -OCH3 is 1. The maximum Gasteiger partial charge on any atom is 0.266 e. The van der Waals surface area contributed by atoms with E-state index in [1.165, 1.54) is 6.07 Å². The van der Waals surface area contributed by atoms with Crippen LogP contribution < -0.4 is 19.5 Å². The highest BCUT2D eigenvalue weighted by molar-refractivity contribution is 7.90. The van der Waals surface area contributed by atoms with Gasteiger partial charge in [0.2, 0.25) is 5.96 Å². The first-order valence-electron chi connectivity index (χ1n) is 10.1. The first-order chi connectivity index (χ1) is 16.0. The number of benzene rings is 3. The molecule has 0 spiro atoms. The normalized spacial score (nSPS) is 15.3. The number of hydrogen-bond donors (Lipinski definition) is 2. The van der Waals surface area contributed by atoms with Gasteiger partial charge in [-0.1, -0.05) is 41.9 Å². The van der Waals surface area contributed by atoms with Gasteiger partial charge in [0.1, 0.15) is 28.7 Å². The smallest absolute Gasteiger partial charge is 0.266 e. The maximum atomic E-state index is 12.8. The van der Waals surface area contributed by atoms with Gasteiger partial charge in [0.25, 0.3) is 10.0 Å². The van der Waals surface area contributed by atoms with Gasteiger partial charge in [-0.15, -0.1) is 0 Å². The molecule has 0 aliphatic carbocycles. The summed E-state index contributed by atoms with van der Waals surface area (Å²) in [7, 11) is -2.23. The molecular formula is C23H22ClN3O5S. The van der Waals surface area contributed by atoms with Gasteiger partial charge in [-0.05, 0) is 42.0 Å². The molecule has 4 rings (SSSR count). The van der Waals surface area contributed by atoms with Crippen molar-refractivity contribution in [3.63, 3.8) is 0 Å². The zero-order valence-corrected chi connectivity index (χ0v) is 19.3. The van der Waals surface area contributed by atoms with Crippen LogP contribution in [0, 0.1) is 0 Å². The van der Waals surface area contributed by atoms with E-state index < -0.39 is 10.0 Å². The van der Waals surface area contributed by atoms with E-state index in [9.17, 15) is 8.42 Å². The van der Waals surface area contributed by atoms with Gasteiger partial charge in [-0.25, -0.2) is 18.1 Å². The zero-order valence-electron chi connectivity index (χ0n) is 17.7. The van der Waals surface area contributed by atoms with Gasteiger partial charge in [0.05, 0.1) is 18.2 Å². The molecule has 8 nitrogen and oxygen atoms in total. The minimum Gasteiger partial charge on any atom is -0.491 e. The second kappa shape index (κ2) is 10.1. The van der Waals surface area contributed by atoms with E-state index in [2.05, 4.69) is 15.0 Å². The molecule has 1 aliphatic rings. The molecule has 0 saturated carbocycles. The van der Waals surface area contributed by atoms with E-state index in [1.807, 2.05) is 24.3 Å². The Morgan fingerprint density at radius 1 is 0.970 bits per heavy atom. The Morgan fingerprint density at radius 3 is 2.58 bits per heavy atom. The standard InChI is InChI=1S/C23H22ClN3O5S/c1-30-12-13-31-17-7-4-6-16(14-17)15-25-23-26-22-20(32-19-9-3-2-8-18(19)24)10-5-11-21(22)33(28,29)27-23/h2-11,14H,12-13,15H2,1H3,(H2,25,26,27). The fourth-order valence-electron chi connectivity index (χ4n) is 3.13. The topological polar surface area (TPSA) is 98.2 Å². The number of anilines is 1. The van der Waals surface area contributed by atoms with E-state index in [0.717, 1.165) is 5.56 Å². The van der Waals surface area contributed by atoms with Gasteiger partial charge >= 0.3 is 0 Å². The third-order valence-corrected chi connectivity index (χ3v) is 6.38. The molecule has 3 aromatic carbocycles. The van der Waals surface area contributed by atoms with E-state index in [1.54, 1.807) is 43.5 Å². The van der Waals surface area contributed by atoms with Crippen LogP contribution in [-0.2, 0) is 21.3 Å². The lowest BCUT2D eigenvalue weighted by Gasteiger charge is -2.23. The van der Waals surface area contributed by atoms with Crippen LogP contribution in [0.5, 0.6) is 17.2 Å². The molecule has 172 valence electrons. The third kappa shape index (κ3) is 5.57. The molecular weight excluding hydrogens is 466 g/mol. The predicted octanol–water partition coefficient (Wildman–Crippen LogP) is 4.42. The minimum atomic E-state index is -3.84. The molecule has 10 heteroatoms. The fourth-order valence-corrected chi connectivity index (χ4v) is 4.47. The summed E-state index contributed by atoms with van der Waals surface area (Å²) in [6.07, 6.45) is 0. The Balaban J connectivity index is 1.57. The van der Waals surface area contributed by atoms with Crippen LogP contribution in [-0.4, -0.2) is 34.7 Å². The molecule has 0 radical (unpaired) electrons. The number of fused-ring (bicyclic) bond motifs is 1. The largest absolute Gasteiger partial charge is 0.491 e. The van der Waals surface area contributed by atoms with Gasteiger partial charge in [-0.3, -0.25) is 0 Å². The van der Waals surface area contributed by atoms with E-state index >= 15 is 0 Å². The molecule has 0 fully saturated rings. The average Bonchev–Trinajstić information content (AvgIpc) is 2.80. The lowest BCUT2D eigenvalue weighted by molar-refractivity contribution is 0.146. The number of ether oxygens (including phenoxy) is 3. The zero-order chi connectivity index (χ0) is 23.3. The Labute approximate surface area is 197 Å². The number of nitrogens with one attached hydrogen (secondary N) is 2. The number of halogens is 1. The van der Waals surface area contributed by atoms with Crippen LogP contribution >= 0.6 is 11.6 Å². The summed E-state index contributed by atoms with van der Waals surface area (Å²) in [4.78, 5) is 4.46. The van der Waals surface area contributed by atoms with Crippen molar-refractivity contribution in [2.24, 2.45) is 4.99 Å². The van der Waals surface area contributed by atoms with Crippen LogP contribution in [0.15, 0.2) is 76.6 Å². The summed E-state index contributed by atoms with van der Waals surface area (Å²) in [5.74, 6) is 1.49. The molecule has 1 heterocycles. The van der Waals surface area contributed by atoms with Gasteiger partial charge < -0.3 is 19.5 Å². The monoisotopic (exact) mass is 487 g/mol. The Bertz CT molecular complexity index is 1280. The number of sulfonamides is 1. The van der Waals surface area contributed by atoms with Crippen molar-refractivity contribution in [1.82, 2.24) is 4.72 Å². The first-order valence-corrected chi connectivity index (χ1v) is 11.9. The number of para-hydroxylation sites is 2. The summed E-state index contributed by atoms with van der Waals surface area (Å²) in [6, 6.07) is 19.1. The lowest BCUT2D eigenvalue weighted by Crippen LogP contribution is -2.40. The van der Waals surface area contributed by atoms with Crippen LogP contribution in [0.2, 0.25) is 5.02 Å². The maximum absolute atomic E-state index is 12.8. The van der Waals surface area contributed by atoms with Crippen molar-refractivity contribution >= 4 is 33.3 Å². The molecule has 2 N–H and O–H groups in total. The summed E-state index contributed by atoms with van der Waals surface area (Å²) in [5, 5.41) is 3.44. The van der Waals surface area contributed by atoms with Crippen molar-refractivity contribution in [3.05, 3.63) is 77.3 Å². The summed E-state index contributed by atoms with van der Waals surface area (Å²) in [5.41, 5.74) is 1.14. The second-order valence-electron chi connectivity index (χ2n) is 7.05. The summed E-state index contributed by atoms with van der Waals surface area (Å²) in [6.45, 7) is 1.15. The molecule has 0 amide bonds. The Morgan fingerprint density at radius 2 is 1.76 bits per heavy atom. The molecule has 33 heavy (non-hydrogen) atoms. The van der Waals surface area contributed by atoms with Crippen molar-refractivity contribution in [3.8, 4) is 17.2 Å². The number of aliphatic imine (C=N–C) groups is 1. The fraction of sp³-hybridized carbons (Fsp3) is 0.174. The van der Waals surface area contributed by atoms with E-state index in [-0.39, 0.29) is 23.1 Å². The van der Waals surface area contributed by atoms with E-state index in [4.69, 9.17) is 25.8 Å². The SMILES string of the molecule is COCCOc1cccc(CN=C2Nc3c(Oc4ccccc4Cl)cccc3S(=O)(=O)N2)c1. The van der Waals surface area contributed by atoms with Crippen molar-refractivity contribution in [1.29, 1.82) is 0 Å². The average molecular weight is 488 g/mol. The van der Waals surface area contributed by atoms with Gasteiger partial charge in [0, 0.05) is 7.11 Å². The van der Waals surface area contributed by atoms with Crippen molar-refractivity contribution in [2.45, 2.75) is 11.4 Å². The second-order valence-corrected chi connectivity index (χ2v) is 9.10. The summed E-state index contributed by atoms with van der Waals surface area (Å²) >= 11 is 6.20. The third-order valence-electron chi connectivity index (χ3n) is 4.68. The molecule has 0 atom stereocenters. The lowest BCUT2D eigenvalue weighted by atomic mass is 10.2. The molecule has 0 aromatic heterocycles. The Hall–Kier alpha value is -3.27. The molecule has 0 unspecified atom stereocenters. The minimum absolute atomic E-state index is 0.0551. The van der Waals surface area contributed by atoms with E-state index in [0.29, 0.717) is 35.5 Å². The van der Waals surface area contributed by atoms with Crippen LogP contribution in [0.3, 0.4) is 0 Å². The molecule has 1 aliphatic heterocycles. The Kier molecular flexibility index (Phi) is 7.02. The predicted molar refractivity (Wildman–Crippen MR) is 127 cm³/mol. The number of nitrogens with zero attached hydrogens (tertiary/aromatic N) is 1. The summed E-state index contributed by atoms with van der Waals surface area (Å²) < 4.78 is 44.6. The van der Waals surface area contributed by atoms with Crippen LogP contribution in [0.4, 0.5) is 5.69 Å². The number of guanidine groups is 1. The number of hydrogen-bond acceptors (Lipinski definition) is 6. The highest BCUT2D eigenvalue weighted by atomic mass is 35.5. The number of rotatable bonds is 8. The van der Waals surface area contributed by atoms with Crippen molar-refractivity contribution < 1.29 is 22.6 Å².